The predicted molar refractivity (Wildman–Crippen MR) is 123 cm³/mol. The molecule has 1 atom stereocenters. The van der Waals surface area contributed by atoms with E-state index < -0.39 is 5.97 Å². The molecule has 0 radical (unpaired) electrons. The summed E-state index contributed by atoms with van der Waals surface area (Å²) in [5.74, 6) is -0.0768. The molecule has 6 nitrogen and oxygen atoms in total. The number of carboxylic acids is 1. The predicted octanol–water partition coefficient (Wildman–Crippen LogP) is 4.40. The first-order chi connectivity index (χ1) is 15.5. The third-order valence-electron chi connectivity index (χ3n) is 6.43. The molecule has 170 valence electrons. The van der Waals surface area contributed by atoms with E-state index in [1.165, 1.54) is 0 Å². The lowest BCUT2D eigenvalue weighted by atomic mass is 10.00. The van der Waals surface area contributed by atoms with Gasteiger partial charge < -0.3 is 14.8 Å². The number of aromatic carboxylic acids is 1. The number of ether oxygens (including phenoxy) is 1. The van der Waals surface area contributed by atoms with Crippen molar-refractivity contribution in [1.29, 1.82) is 0 Å². The van der Waals surface area contributed by atoms with E-state index in [1.807, 2.05) is 18.3 Å². The SMILES string of the molecule is COc1cc(C)c2[nH]ccc2c1CN1CCCN(CCF)CC1c1ccc(C(=O)O)cc1. The van der Waals surface area contributed by atoms with Gasteiger partial charge in [0.1, 0.15) is 12.4 Å². The standard InChI is InChI=1S/C25H30FN3O3/c1-17-14-23(32-2)21(20-8-10-27-24(17)20)15-29-12-3-11-28(13-9-26)16-22(29)18-4-6-19(7-5-18)25(30)31/h4-8,10,14,22,27H,3,9,11-13,15-16H2,1-2H3,(H,30,31). The Kier molecular flexibility index (Phi) is 6.77. The maximum atomic E-state index is 13.2. The third kappa shape index (κ3) is 4.49. The number of nitrogens with one attached hydrogen (secondary N) is 1. The molecule has 7 heteroatoms. The lowest BCUT2D eigenvalue weighted by molar-refractivity contribution is 0.0696. The number of rotatable bonds is 7. The topological polar surface area (TPSA) is 68.8 Å². The monoisotopic (exact) mass is 439 g/mol. The summed E-state index contributed by atoms with van der Waals surface area (Å²) in [5, 5.41) is 10.4. The van der Waals surface area contributed by atoms with Gasteiger partial charge in [0.05, 0.1) is 12.7 Å². The zero-order chi connectivity index (χ0) is 22.7. The molecule has 32 heavy (non-hydrogen) atoms. The highest BCUT2D eigenvalue weighted by Gasteiger charge is 2.28. The maximum absolute atomic E-state index is 13.2. The number of halogens is 1. The normalized spacial score (nSPS) is 18.0. The van der Waals surface area contributed by atoms with Crippen LogP contribution in [0.15, 0.2) is 42.6 Å². The number of methoxy groups -OCH3 is 1. The molecule has 1 aliphatic heterocycles. The van der Waals surface area contributed by atoms with E-state index in [2.05, 4.69) is 33.8 Å². The fourth-order valence-corrected chi connectivity index (χ4v) is 4.76. The minimum atomic E-state index is -0.937. The maximum Gasteiger partial charge on any atom is 0.335 e. The average molecular weight is 440 g/mol. The van der Waals surface area contributed by atoms with Crippen LogP contribution in [0.2, 0.25) is 0 Å². The quantitative estimate of drug-likeness (QED) is 0.571. The average Bonchev–Trinajstić information content (AvgIpc) is 3.20. The van der Waals surface area contributed by atoms with Crippen molar-refractivity contribution < 1.29 is 19.0 Å². The molecule has 0 saturated carbocycles. The summed E-state index contributed by atoms with van der Waals surface area (Å²) >= 11 is 0. The molecule has 4 rings (SSSR count). The molecule has 1 fully saturated rings. The molecule has 1 saturated heterocycles. The summed E-state index contributed by atoms with van der Waals surface area (Å²) in [6.45, 7) is 5.19. The van der Waals surface area contributed by atoms with Gasteiger partial charge in [-0.3, -0.25) is 9.80 Å². The fourth-order valence-electron chi connectivity index (χ4n) is 4.76. The van der Waals surface area contributed by atoms with Crippen molar-refractivity contribution in [2.45, 2.75) is 25.9 Å². The van der Waals surface area contributed by atoms with Crippen molar-refractivity contribution in [2.75, 3.05) is 40.0 Å². The van der Waals surface area contributed by atoms with Crippen LogP contribution in [0.4, 0.5) is 4.39 Å². The van der Waals surface area contributed by atoms with Crippen molar-refractivity contribution >= 4 is 16.9 Å². The molecule has 0 amide bonds. The van der Waals surface area contributed by atoms with Crippen molar-refractivity contribution in [2.24, 2.45) is 0 Å². The van der Waals surface area contributed by atoms with Crippen LogP contribution in [0.5, 0.6) is 5.75 Å². The number of aromatic amines is 1. The van der Waals surface area contributed by atoms with Gasteiger partial charge in [-0.2, -0.15) is 0 Å². The smallest absolute Gasteiger partial charge is 0.335 e. The van der Waals surface area contributed by atoms with E-state index in [0.717, 1.165) is 52.9 Å². The van der Waals surface area contributed by atoms with Crippen LogP contribution in [-0.4, -0.2) is 65.8 Å². The third-order valence-corrected chi connectivity index (χ3v) is 6.43. The van der Waals surface area contributed by atoms with Crippen LogP contribution in [-0.2, 0) is 6.54 Å². The first-order valence-electron chi connectivity index (χ1n) is 11.0. The van der Waals surface area contributed by atoms with E-state index in [0.29, 0.717) is 19.6 Å². The van der Waals surface area contributed by atoms with Crippen LogP contribution in [0.1, 0.15) is 39.5 Å². The number of hydrogen-bond acceptors (Lipinski definition) is 4. The number of hydrogen-bond donors (Lipinski definition) is 2. The molecule has 0 bridgehead atoms. The largest absolute Gasteiger partial charge is 0.496 e. The zero-order valence-corrected chi connectivity index (χ0v) is 18.6. The van der Waals surface area contributed by atoms with Crippen molar-refractivity contribution in [3.05, 3.63) is 64.8 Å². The number of aryl methyl sites for hydroxylation is 1. The van der Waals surface area contributed by atoms with E-state index in [1.54, 1.807) is 19.2 Å². The van der Waals surface area contributed by atoms with E-state index in [-0.39, 0.29) is 18.3 Å². The molecule has 0 spiro atoms. The van der Waals surface area contributed by atoms with Gasteiger partial charge in [-0.1, -0.05) is 12.1 Å². The van der Waals surface area contributed by atoms with Gasteiger partial charge in [0.15, 0.2) is 0 Å². The van der Waals surface area contributed by atoms with Gasteiger partial charge in [0.25, 0.3) is 0 Å². The highest BCUT2D eigenvalue weighted by Crippen LogP contribution is 2.35. The summed E-state index contributed by atoms with van der Waals surface area (Å²) in [6.07, 6.45) is 2.89. The van der Waals surface area contributed by atoms with Crippen LogP contribution in [0.3, 0.4) is 0 Å². The minimum absolute atomic E-state index is 0.0203. The first kappa shape index (κ1) is 22.3. The Morgan fingerprint density at radius 3 is 2.72 bits per heavy atom. The van der Waals surface area contributed by atoms with E-state index >= 15 is 0 Å². The molecule has 2 N–H and O–H groups in total. The van der Waals surface area contributed by atoms with Gasteiger partial charge in [0, 0.05) is 54.9 Å². The Bertz CT molecular complexity index is 1080. The van der Waals surface area contributed by atoms with Crippen molar-refractivity contribution in [3.63, 3.8) is 0 Å². The Hall–Kier alpha value is -2.90. The Morgan fingerprint density at radius 1 is 1.25 bits per heavy atom. The molecule has 2 aromatic carbocycles. The molecule has 1 aliphatic rings. The van der Waals surface area contributed by atoms with Crippen LogP contribution in [0.25, 0.3) is 10.9 Å². The number of carboxylic acid groups (broad SMARTS) is 1. The minimum Gasteiger partial charge on any atom is -0.496 e. The number of fused-ring (bicyclic) bond motifs is 1. The lowest BCUT2D eigenvalue weighted by Gasteiger charge is -2.33. The Balaban J connectivity index is 1.72. The zero-order valence-electron chi connectivity index (χ0n) is 18.6. The number of carbonyl (C=O) groups is 1. The molecule has 2 heterocycles. The summed E-state index contributed by atoms with van der Waals surface area (Å²) in [6, 6.07) is 11.2. The van der Waals surface area contributed by atoms with Gasteiger partial charge in [-0.15, -0.1) is 0 Å². The number of aromatic nitrogens is 1. The number of nitrogens with zero attached hydrogens (tertiary/aromatic N) is 2. The van der Waals surface area contributed by atoms with Crippen LogP contribution in [0, 0.1) is 6.92 Å². The summed E-state index contributed by atoms with van der Waals surface area (Å²) in [7, 11) is 1.70. The molecule has 1 unspecified atom stereocenters. The summed E-state index contributed by atoms with van der Waals surface area (Å²) in [5.41, 5.74) is 4.68. The highest BCUT2D eigenvalue weighted by molar-refractivity contribution is 5.88. The Morgan fingerprint density at radius 2 is 2.03 bits per heavy atom. The number of alkyl halides is 1. The van der Waals surface area contributed by atoms with Crippen molar-refractivity contribution in [1.82, 2.24) is 14.8 Å². The molecule has 3 aromatic rings. The summed E-state index contributed by atoms with van der Waals surface area (Å²) < 4.78 is 18.9. The first-order valence-corrected chi connectivity index (χ1v) is 11.0. The number of benzene rings is 2. The number of H-pyrrole nitrogens is 1. The van der Waals surface area contributed by atoms with Gasteiger partial charge in [-0.05, 0) is 55.3 Å². The van der Waals surface area contributed by atoms with Crippen LogP contribution >= 0.6 is 0 Å². The fraction of sp³-hybridized carbons (Fsp3) is 0.400. The molecular formula is C25H30FN3O3. The second-order valence-electron chi connectivity index (χ2n) is 8.40. The second-order valence-corrected chi connectivity index (χ2v) is 8.40. The second kappa shape index (κ2) is 9.71. The van der Waals surface area contributed by atoms with E-state index in [4.69, 9.17) is 4.74 Å². The molecule has 1 aromatic heterocycles. The molecule has 0 aliphatic carbocycles. The van der Waals surface area contributed by atoms with Gasteiger partial charge in [0.2, 0.25) is 0 Å². The summed E-state index contributed by atoms with van der Waals surface area (Å²) in [4.78, 5) is 19.2. The van der Waals surface area contributed by atoms with Crippen molar-refractivity contribution in [3.8, 4) is 5.75 Å². The Labute approximate surface area is 187 Å². The highest BCUT2D eigenvalue weighted by atomic mass is 19.1. The van der Waals surface area contributed by atoms with Crippen LogP contribution < -0.4 is 4.74 Å². The van der Waals surface area contributed by atoms with Gasteiger partial charge in [-0.25, -0.2) is 9.18 Å². The lowest BCUT2D eigenvalue weighted by Crippen LogP contribution is -2.35. The van der Waals surface area contributed by atoms with E-state index in [9.17, 15) is 14.3 Å². The molecular weight excluding hydrogens is 409 g/mol. The van der Waals surface area contributed by atoms with Gasteiger partial charge >= 0.3 is 5.97 Å².